The lowest BCUT2D eigenvalue weighted by molar-refractivity contribution is 0.0941. The van der Waals surface area contributed by atoms with Crippen molar-refractivity contribution in [2.24, 2.45) is 0 Å². The minimum absolute atomic E-state index is 0.0801. The van der Waals surface area contributed by atoms with E-state index in [4.69, 9.17) is 4.74 Å². The molecule has 5 nitrogen and oxygen atoms in total. The molecule has 0 saturated heterocycles. The maximum atomic E-state index is 12.6. The Bertz CT molecular complexity index is 900. The Kier molecular flexibility index (Phi) is 5.08. The first-order valence-corrected chi connectivity index (χ1v) is 8.45. The van der Waals surface area contributed by atoms with E-state index in [9.17, 15) is 9.59 Å². The van der Waals surface area contributed by atoms with E-state index < -0.39 is 0 Å². The van der Waals surface area contributed by atoms with Crippen molar-refractivity contribution in [3.63, 3.8) is 0 Å². The van der Waals surface area contributed by atoms with E-state index in [-0.39, 0.29) is 11.5 Å². The van der Waals surface area contributed by atoms with E-state index in [0.717, 1.165) is 10.3 Å². The SMILES string of the molecule is COCCNC(=O)c1cc2c(=O)n(Cc3ccccc3)ccc2s1. The lowest BCUT2D eigenvalue weighted by Crippen LogP contribution is -2.26. The van der Waals surface area contributed by atoms with Crippen LogP contribution < -0.4 is 10.9 Å². The predicted molar refractivity (Wildman–Crippen MR) is 95.8 cm³/mol. The van der Waals surface area contributed by atoms with Gasteiger partial charge < -0.3 is 14.6 Å². The van der Waals surface area contributed by atoms with Crippen LogP contribution in [-0.2, 0) is 11.3 Å². The van der Waals surface area contributed by atoms with Crippen molar-refractivity contribution in [3.05, 3.63) is 69.5 Å². The van der Waals surface area contributed by atoms with Crippen molar-refractivity contribution in [3.8, 4) is 0 Å². The van der Waals surface area contributed by atoms with E-state index in [1.165, 1.54) is 11.3 Å². The summed E-state index contributed by atoms with van der Waals surface area (Å²) in [6.45, 7) is 1.42. The Morgan fingerprint density at radius 3 is 2.79 bits per heavy atom. The number of amides is 1. The number of nitrogens with one attached hydrogen (secondary N) is 1. The summed E-state index contributed by atoms with van der Waals surface area (Å²) < 4.78 is 7.40. The molecule has 3 aromatic rings. The fourth-order valence-electron chi connectivity index (χ4n) is 2.45. The quantitative estimate of drug-likeness (QED) is 0.700. The zero-order valence-corrected chi connectivity index (χ0v) is 14.1. The summed E-state index contributed by atoms with van der Waals surface area (Å²) in [5, 5.41) is 3.35. The third-order valence-electron chi connectivity index (χ3n) is 3.67. The summed E-state index contributed by atoms with van der Waals surface area (Å²) in [5.41, 5.74) is 0.982. The molecule has 1 aromatic carbocycles. The highest BCUT2D eigenvalue weighted by molar-refractivity contribution is 7.20. The van der Waals surface area contributed by atoms with Gasteiger partial charge in [0.15, 0.2) is 0 Å². The van der Waals surface area contributed by atoms with Crippen LogP contribution in [0.4, 0.5) is 0 Å². The molecule has 0 atom stereocenters. The minimum Gasteiger partial charge on any atom is -0.383 e. The topological polar surface area (TPSA) is 60.3 Å². The van der Waals surface area contributed by atoms with Crippen molar-refractivity contribution in [2.75, 3.05) is 20.3 Å². The third-order valence-corrected chi connectivity index (χ3v) is 4.77. The van der Waals surface area contributed by atoms with Crippen LogP contribution in [0, 0.1) is 0 Å². The second kappa shape index (κ2) is 7.42. The highest BCUT2D eigenvalue weighted by Crippen LogP contribution is 2.22. The molecule has 0 aliphatic heterocycles. The van der Waals surface area contributed by atoms with Gasteiger partial charge in [0.2, 0.25) is 0 Å². The van der Waals surface area contributed by atoms with Gasteiger partial charge in [-0.25, -0.2) is 0 Å². The van der Waals surface area contributed by atoms with Gasteiger partial charge in [0.05, 0.1) is 23.4 Å². The number of carbonyl (C=O) groups excluding carboxylic acids is 1. The van der Waals surface area contributed by atoms with Crippen LogP contribution in [0.25, 0.3) is 10.1 Å². The average Bonchev–Trinajstić information content (AvgIpc) is 3.04. The normalized spacial score (nSPS) is 10.9. The molecule has 0 aliphatic carbocycles. The van der Waals surface area contributed by atoms with E-state index in [1.807, 2.05) is 36.4 Å². The molecule has 0 unspecified atom stereocenters. The number of nitrogens with zero attached hydrogens (tertiary/aromatic N) is 1. The van der Waals surface area contributed by atoms with Gasteiger partial charge in [-0.2, -0.15) is 0 Å². The number of fused-ring (bicyclic) bond motifs is 1. The van der Waals surface area contributed by atoms with Crippen LogP contribution in [0.3, 0.4) is 0 Å². The maximum Gasteiger partial charge on any atom is 0.261 e. The van der Waals surface area contributed by atoms with Gasteiger partial charge in [0.1, 0.15) is 0 Å². The number of pyridine rings is 1. The van der Waals surface area contributed by atoms with Crippen LogP contribution in [0.5, 0.6) is 0 Å². The molecule has 2 heterocycles. The Labute approximate surface area is 143 Å². The number of carbonyl (C=O) groups is 1. The van der Waals surface area contributed by atoms with Crippen LogP contribution in [-0.4, -0.2) is 30.7 Å². The lowest BCUT2D eigenvalue weighted by Gasteiger charge is -2.05. The summed E-state index contributed by atoms with van der Waals surface area (Å²) >= 11 is 1.33. The number of rotatable bonds is 6. The first kappa shape index (κ1) is 16.4. The lowest BCUT2D eigenvalue weighted by atomic mass is 10.2. The molecule has 1 amide bonds. The largest absolute Gasteiger partial charge is 0.383 e. The molecule has 0 saturated carbocycles. The summed E-state index contributed by atoms with van der Waals surface area (Å²) in [6.07, 6.45) is 1.78. The molecule has 1 N–H and O–H groups in total. The van der Waals surface area contributed by atoms with Crippen LogP contribution in [0.15, 0.2) is 53.5 Å². The zero-order valence-electron chi connectivity index (χ0n) is 13.3. The van der Waals surface area contributed by atoms with Gasteiger partial charge in [0, 0.05) is 24.6 Å². The Hall–Kier alpha value is -2.44. The standard InChI is InChI=1S/C18H18N2O3S/c1-23-10-8-19-17(21)16-11-14-15(24-16)7-9-20(18(14)22)12-13-5-3-2-4-6-13/h2-7,9,11H,8,10,12H2,1H3,(H,19,21). The highest BCUT2D eigenvalue weighted by Gasteiger charge is 2.13. The molecule has 0 fully saturated rings. The molecule has 0 spiro atoms. The molecule has 2 aromatic heterocycles. The maximum absolute atomic E-state index is 12.6. The Balaban J connectivity index is 1.86. The van der Waals surface area contributed by atoms with Gasteiger partial charge in [-0.3, -0.25) is 9.59 Å². The van der Waals surface area contributed by atoms with Crippen LogP contribution >= 0.6 is 11.3 Å². The van der Waals surface area contributed by atoms with E-state index in [0.29, 0.717) is 30.0 Å². The molecular weight excluding hydrogens is 324 g/mol. The van der Waals surface area contributed by atoms with E-state index in [2.05, 4.69) is 5.32 Å². The molecule has 0 bridgehead atoms. The number of aromatic nitrogens is 1. The summed E-state index contributed by atoms with van der Waals surface area (Å²) in [4.78, 5) is 25.3. The number of hydrogen-bond donors (Lipinski definition) is 1. The Morgan fingerprint density at radius 1 is 1.25 bits per heavy atom. The first-order chi connectivity index (χ1) is 11.7. The van der Waals surface area contributed by atoms with Gasteiger partial charge in [-0.1, -0.05) is 30.3 Å². The second-order valence-corrected chi connectivity index (χ2v) is 6.46. The second-order valence-electron chi connectivity index (χ2n) is 5.37. The highest BCUT2D eigenvalue weighted by atomic mass is 32.1. The third kappa shape index (κ3) is 3.55. The van der Waals surface area contributed by atoms with E-state index >= 15 is 0 Å². The van der Waals surface area contributed by atoms with Gasteiger partial charge >= 0.3 is 0 Å². The monoisotopic (exact) mass is 342 g/mol. The van der Waals surface area contributed by atoms with Crippen molar-refractivity contribution >= 4 is 27.3 Å². The van der Waals surface area contributed by atoms with Gasteiger partial charge in [-0.15, -0.1) is 11.3 Å². The average molecular weight is 342 g/mol. The van der Waals surface area contributed by atoms with Crippen LogP contribution in [0.1, 0.15) is 15.2 Å². The zero-order chi connectivity index (χ0) is 16.9. The van der Waals surface area contributed by atoms with Gasteiger partial charge in [0.25, 0.3) is 11.5 Å². The van der Waals surface area contributed by atoms with Crippen LogP contribution in [0.2, 0.25) is 0 Å². The van der Waals surface area contributed by atoms with E-state index in [1.54, 1.807) is 23.9 Å². The van der Waals surface area contributed by atoms with Crippen molar-refractivity contribution in [2.45, 2.75) is 6.54 Å². The molecule has 0 radical (unpaired) electrons. The number of methoxy groups -OCH3 is 1. The van der Waals surface area contributed by atoms with Crippen molar-refractivity contribution in [1.29, 1.82) is 0 Å². The number of benzene rings is 1. The Morgan fingerprint density at radius 2 is 2.04 bits per heavy atom. The van der Waals surface area contributed by atoms with Gasteiger partial charge in [-0.05, 0) is 17.7 Å². The smallest absolute Gasteiger partial charge is 0.261 e. The predicted octanol–water partition coefficient (Wildman–Crippen LogP) is 2.49. The molecule has 124 valence electrons. The summed E-state index contributed by atoms with van der Waals surface area (Å²) in [6, 6.07) is 13.4. The summed E-state index contributed by atoms with van der Waals surface area (Å²) in [7, 11) is 1.58. The first-order valence-electron chi connectivity index (χ1n) is 7.63. The molecule has 0 aliphatic rings. The number of hydrogen-bond acceptors (Lipinski definition) is 4. The number of thiophene rings is 1. The van der Waals surface area contributed by atoms with Crippen molar-refractivity contribution < 1.29 is 9.53 Å². The summed E-state index contributed by atoms with van der Waals surface area (Å²) in [5.74, 6) is -0.178. The molecule has 6 heteroatoms. The molecule has 24 heavy (non-hydrogen) atoms. The minimum atomic E-state index is -0.178. The fraction of sp³-hybridized carbons (Fsp3) is 0.222. The van der Waals surface area contributed by atoms with Crippen molar-refractivity contribution in [1.82, 2.24) is 9.88 Å². The molecule has 3 rings (SSSR count). The fourth-order valence-corrected chi connectivity index (χ4v) is 3.41. The molecular formula is C18H18N2O3S. The number of ether oxygens (including phenoxy) is 1.